The van der Waals surface area contributed by atoms with Gasteiger partial charge in [-0.2, -0.15) is 0 Å². The number of nitrogens with two attached hydrogens (primary N) is 1. The molecular weight excluding hydrogens is 140 g/mol. The highest BCUT2D eigenvalue weighted by Crippen LogP contribution is 2.18. The maximum atomic E-state index is 5.35. The molecule has 0 saturated carbocycles. The topological polar surface area (TPSA) is 47.3 Å². The van der Waals surface area contributed by atoms with Crippen LogP contribution in [0.15, 0.2) is 0 Å². The lowest BCUT2D eigenvalue weighted by atomic mass is 9.97. The first kappa shape index (κ1) is 8.97. The Morgan fingerprint density at radius 1 is 1.36 bits per heavy atom. The van der Waals surface area contributed by atoms with Gasteiger partial charge >= 0.3 is 0 Å². The maximum Gasteiger partial charge on any atom is 0.0468 e. The van der Waals surface area contributed by atoms with Crippen molar-refractivity contribution >= 4 is 0 Å². The molecule has 1 fully saturated rings. The molecule has 1 heterocycles. The minimum Gasteiger partial charge on any atom is -0.381 e. The average Bonchev–Trinajstić information content (AvgIpc) is 2.28. The van der Waals surface area contributed by atoms with Crippen molar-refractivity contribution in [2.24, 2.45) is 11.8 Å². The summed E-state index contributed by atoms with van der Waals surface area (Å²) >= 11 is 0. The fraction of sp³-hybridized carbons (Fsp3) is 1.00. The molecule has 3 nitrogen and oxygen atoms in total. The molecule has 0 aromatic heterocycles. The predicted octanol–water partition coefficient (Wildman–Crippen LogP) is 0.656. The Labute approximate surface area is 68.3 Å². The molecule has 0 amide bonds. The Bertz CT molecular complexity index is 90.1. The summed E-state index contributed by atoms with van der Waals surface area (Å²) in [5, 5.41) is 0. The number of nitrogens with one attached hydrogen (secondary N) is 1. The molecule has 0 radical (unpaired) electrons. The van der Waals surface area contributed by atoms with Gasteiger partial charge in [0.05, 0.1) is 0 Å². The molecule has 1 atom stereocenters. The smallest absolute Gasteiger partial charge is 0.0468 e. The highest BCUT2D eigenvalue weighted by atomic mass is 16.5. The summed E-state index contributed by atoms with van der Waals surface area (Å²) in [7, 11) is 0. The van der Waals surface area contributed by atoms with Crippen molar-refractivity contribution in [3.63, 3.8) is 0 Å². The minimum absolute atomic E-state index is 0.827. The molecule has 0 aromatic carbocycles. The maximum absolute atomic E-state index is 5.35. The predicted molar refractivity (Wildman–Crippen MR) is 45.0 cm³/mol. The van der Waals surface area contributed by atoms with Gasteiger partial charge in [0.15, 0.2) is 0 Å². The van der Waals surface area contributed by atoms with Crippen LogP contribution in [-0.4, -0.2) is 19.8 Å². The molecule has 0 aromatic rings. The zero-order valence-electron chi connectivity index (χ0n) is 7.01. The van der Waals surface area contributed by atoms with Crippen molar-refractivity contribution in [3.05, 3.63) is 0 Å². The molecule has 1 rings (SSSR count). The first-order valence-corrected chi connectivity index (χ1v) is 4.44. The van der Waals surface area contributed by atoms with Crippen LogP contribution in [-0.2, 0) is 4.74 Å². The molecule has 1 unspecified atom stereocenters. The van der Waals surface area contributed by atoms with Gasteiger partial charge in [-0.15, -0.1) is 0 Å². The molecule has 0 aliphatic carbocycles. The van der Waals surface area contributed by atoms with Gasteiger partial charge < -0.3 is 4.74 Å². The minimum atomic E-state index is 0.827. The van der Waals surface area contributed by atoms with E-state index in [-0.39, 0.29) is 0 Å². The van der Waals surface area contributed by atoms with Gasteiger partial charge in [0.1, 0.15) is 0 Å². The van der Waals surface area contributed by atoms with E-state index in [2.05, 4.69) is 5.43 Å². The van der Waals surface area contributed by atoms with Gasteiger partial charge in [-0.05, 0) is 31.6 Å². The highest BCUT2D eigenvalue weighted by molar-refractivity contribution is 4.63. The van der Waals surface area contributed by atoms with Crippen molar-refractivity contribution < 1.29 is 4.74 Å². The van der Waals surface area contributed by atoms with Crippen molar-refractivity contribution in [1.82, 2.24) is 5.43 Å². The van der Waals surface area contributed by atoms with Crippen molar-refractivity contribution in [2.75, 3.05) is 19.8 Å². The Morgan fingerprint density at radius 2 is 2.27 bits per heavy atom. The Hall–Kier alpha value is -0.120. The largest absolute Gasteiger partial charge is 0.381 e. The number of hydrogen-bond donors (Lipinski definition) is 2. The van der Waals surface area contributed by atoms with Crippen molar-refractivity contribution in [2.45, 2.75) is 25.7 Å². The Morgan fingerprint density at radius 3 is 3.09 bits per heavy atom. The van der Waals surface area contributed by atoms with E-state index in [4.69, 9.17) is 10.6 Å². The summed E-state index contributed by atoms with van der Waals surface area (Å²) < 4.78 is 5.35. The second-order valence-corrected chi connectivity index (χ2v) is 3.15. The van der Waals surface area contributed by atoms with Crippen LogP contribution in [0.3, 0.4) is 0 Å². The molecule has 1 saturated heterocycles. The van der Waals surface area contributed by atoms with Crippen LogP contribution in [0.4, 0.5) is 0 Å². The van der Waals surface area contributed by atoms with Gasteiger partial charge in [0.25, 0.3) is 0 Å². The van der Waals surface area contributed by atoms with E-state index < -0.39 is 0 Å². The third kappa shape index (κ3) is 3.70. The third-order valence-electron chi connectivity index (χ3n) is 2.27. The van der Waals surface area contributed by atoms with E-state index in [9.17, 15) is 0 Å². The van der Waals surface area contributed by atoms with Crippen LogP contribution < -0.4 is 11.3 Å². The van der Waals surface area contributed by atoms with E-state index in [1.54, 1.807) is 0 Å². The summed E-state index contributed by atoms with van der Waals surface area (Å²) in [5.74, 6) is 6.03. The molecular formula is C8H18N2O. The lowest BCUT2D eigenvalue weighted by Gasteiger charge is -2.11. The number of rotatable bonds is 3. The van der Waals surface area contributed by atoms with E-state index in [1.165, 1.54) is 25.7 Å². The van der Waals surface area contributed by atoms with Gasteiger partial charge in [-0.3, -0.25) is 11.3 Å². The zero-order chi connectivity index (χ0) is 7.94. The summed E-state index contributed by atoms with van der Waals surface area (Å²) in [6, 6.07) is 0. The van der Waals surface area contributed by atoms with Gasteiger partial charge in [0.2, 0.25) is 0 Å². The number of hydrogen-bond acceptors (Lipinski definition) is 3. The van der Waals surface area contributed by atoms with Crippen molar-refractivity contribution in [3.8, 4) is 0 Å². The molecule has 0 bridgehead atoms. The van der Waals surface area contributed by atoms with E-state index in [0.717, 1.165) is 25.7 Å². The van der Waals surface area contributed by atoms with Crippen LogP contribution in [0.1, 0.15) is 25.7 Å². The van der Waals surface area contributed by atoms with Crippen LogP contribution >= 0.6 is 0 Å². The summed E-state index contributed by atoms with van der Waals surface area (Å²) in [6.07, 6.45) is 4.93. The lowest BCUT2D eigenvalue weighted by molar-refractivity contribution is 0.141. The van der Waals surface area contributed by atoms with Gasteiger partial charge in [0, 0.05) is 19.8 Å². The van der Waals surface area contributed by atoms with E-state index in [0.29, 0.717) is 0 Å². The van der Waals surface area contributed by atoms with Crippen molar-refractivity contribution in [1.29, 1.82) is 0 Å². The normalized spacial score (nSPS) is 26.5. The second kappa shape index (κ2) is 5.52. The quantitative estimate of drug-likeness (QED) is 0.468. The van der Waals surface area contributed by atoms with Crippen LogP contribution in [0.2, 0.25) is 0 Å². The van der Waals surface area contributed by atoms with Gasteiger partial charge in [-0.1, -0.05) is 0 Å². The molecule has 3 heteroatoms. The molecule has 0 spiro atoms. The standard InChI is InChI=1S/C8H18N2O/c9-10-5-3-8-2-1-6-11-7-4-8/h8,10H,1-7,9H2. The highest BCUT2D eigenvalue weighted by Gasteiger charge is 2.10. The van der Waals surface area contributed by atoms with Crippen LogP contribution in [0, 0.1) is 5.92 Å². The molecule has 1 aliphatic heterocycles. The SMILES string of the molecule is NNCCC1CCCOCC1. The molecule has 66 valence electrons. The number of ether oxygens (including phenoxy) is 1. The lowest BCUT2D eigenvalue weighted by Crippen LogP contribution is -2.24. The second-order valence-electron chi connectivity index (χ2n) is 3.15. The van der Waals surface area contributed by atoms with Crippen LogP contribution in [0.25, 0.3) is 0 Å². The summed E-state index contributed by atoms with van der Waals surface area (Å²) in [4.78, 5) is 0. The van der Waals surface area contributed by atoms with E-state index in [1.807, 2.05) is 0 Å². The first-order valence-electron chi connectivity index (χ1n) is 4.44. The summed E-state index contributed by atoms with van der Waals surface area (Å²) in [5.41, 5.74) is 2.69. The van der Waals surface area contributed by atoms with Gasteiger partial charge in [-0.25, -0.2) is 0 Å². The monoisotopic (exact) mass is 158 g/mol. The van der Waals surface area contributed by atoms with E-state index >= 15 is 0 Å². The molecule has 3 N–H and O–H groups in total. The average molecular weight is 158 g/mol. The fourth-order valence-electron chi connectivity index (χ4n) is 1.55. The van der Waals surface area contributed by atoms with Crippen LogP contribution in [0.5, 0.6) is 0 Å². The zero-order valence-corrected chi connectivity index (χ0v) is 7.01. The third-order valence-corrected chi connectivity index (χ3v) is 2.27. The summed E-state index contributed by atoms with van der Waals surface area (Å²) in [6.45, 7) is 2.83. The Balaban J connectivity index is 2.09. The fourth-order valence-corrected chi connectivity index (χ4v) is 1.55. The Kier molecular flexibility index (Phi) is 4.50. The molecule has 1 aliphatic rings. The first-order chi connectivity index (χ1) is 5.43. The number of hydrazine groups is 1. The molecule has 11 heavy (non-hydrogen) atoms.